The van der Waals surface area contributed by atoms with Gasteiger partial charge < -0.3 is 15.0 Å². The minimum absolute atomic E-state index is 0. The third kappa shape index (κ3) is 11.4. The summed E-state index contributed by atoms with van der Waals surface area (Å²) >= 11 is 0. The second-order valence-corrected chi connectivity index (χ2v) is 14.3. The number of rotatable bonds is 10. The van der Waals surface area contributed by atoms with E-state index in [0.717, 1.165) is 69.8 Å². The van der Waals surface area contributed by atoms with E-state index in [0.29, 0.717) is 11.8 Å². The first-order valence-corrected chi connectivity index (χ1v) is 16.7. The number of esters is 1. The van der Waals surface area contributed by atoms with Crippen LogP contribution in [0.5, 0.6) is 0 Å². The number of piperidine rings is 1. The van der Waals surface area contributed by atoms with Gasteiger partial charge in [0.2, 0.25) is 0 Å². The SMILES string of the molecule is CCn1nc(CC2CCCCC2)cc1C1CCN(C[C@H]2C[C@H](OC(=O)CNC(C)(C)C)C[C@@H]2c2cccc(F)c2)CC1.Cl.Cl.Cl. The minimum atomic E-state index is -0.204. The molecule has 0 unspecified atom stereocenters. The molecule has 1 aromatic carbocycles. The highest BCUT2D eigenvalue weighted by atomic mass is 35.5. The molecule has 1 aliphatic heterocycles. The van der Waals surface area contributed by atoms with Crippen molar-refractivity contribution >= 4 is 43.2 Å². The van der Waals surface area contributed by atoms with Crippen LogP contribution in [0.2, 0.25) is 0 Å². The Morgan fingerprint density at radius 1 is 1.02 bits per heavy atom. The fourth-order valence-electron chi connectivity index (χ4n) is 7.68. The monoisotopic (exact) mass is 688 g/mol. The van der Waals surface area contributed by atoms with E-state index < -0.39 is 0 Å². The fraction of sp³-hybridized carbons (Fsp3) is 0.714. The van der Waals surface area contributed by atoms with Crippen LogP contribution in [-0.4, -0.2) is 58.5 Å². The van der Waals surface area contributed by atoms with Crippen LogP contribution in [-0.2, 0) is 22.5 Å². The van der Waals surface area contributed by atoms with Gasteiger partial charge in [-0.2, -0.15) is 5.10 Å². The Hall–Kier alpha value is -1.38. The normalized spacial score (nSPS) is 23.1. The van der Waals surface area contributed by atoms with Gasteiger partial charge in [-0.3, -0.25) is 9.48 Å². The molecular formula is C35H56Cl3FN4O2. The van der Waals surface area contributed by atoms with Gasteiger partial charge in [-0.25, -0.2) is 4.39 Å². The van der Waals surface area contributed by atoms with Crippen LogP contribution >= 0.6 is 37.2 Å². The highest BCUT2D eigenvalue weighted by molar-refractivity contribution is 5.86. The van der Waals surface area contributed by atoms with Crippen LogP contribution in [0.15, 0.2) is 30.3 Å². The summed E-state index contributed by atoms with van der Waals surface area (Å²) in [6.45, 7) is 12.6. The van der Waals surface area contributed by atoms with E-state index in [1.807, 2.05) is 26.8 Å². The van der Waals surface area contributed by atoms with Crippen LogP contribution in [0.4, 0.5) is 4.39 Å². The third-order valence-electron chi connectivity index (χ3n) is 9.87. The Bertz CT molecular complexity index is 1180. The first-order valence-electron chi connectivity index (χ1n) is 16.7. The number of carbonyl (C=O) groups is 1. The number of hydrogen-bond acceptors (Lipinski definition) is 5. The Kier molecular flexibility index (Phi) is 16.1. The lowest BCUT2D eigenvalue weighted by molar-refractivity contribution is -0.148. The van der Waals surface area contributed by atoms with Gasteiger partial charge >= 0.3 is 5.97 Å². The van der Waals surface area contributed by atoms with E-state index in [4.69, 9.17) is 9.84 Å². The lowest BCUT2D eigenvalue weighted by Gasteiger charge is -2.35. The highest BCUT2D eigenvalue weighted by Gasteiger charge is 2.39. The molecule has 1 aromatic heterocycles. The van der Waals surface area contributed by atoms with Gasteiger partial charge in [0.25, 0.3) is 0 Å². The van der Waals surface area contributed by atoms with E-state index >= 15 is 0 Å². The number of likely N-dealkylation sites (tertiary alicyclic amines) is 1. The number of benzene rings is 1. The molecule has 0 bridgehead atoms. The summed E-state index contributed by atoms with van der Waals surface area (Å²) in [6.07, 6.45) is 11.8. The Labute approximate surface area is 289 Å². The van der Waals surface area contributed by atoms with Crippen molar-refractivity contribution in [1.82, 2.24) is 20.0 Å². The summed E-state index contributed by atoms with van der Waals surface area (Å²) in [5.74, 6) is 1.49. The first kappa shape index (κ1) is 39.8. The van der Waals surface area contributed by atoms with E-state index in [2.05, 4.69) is 27.9 Å². The molecule has 3 aliphatic rings. The third-order valence-corrected chi connectivity index (χ3v) is 9.87. The number of ether oxygens (including phenoxy) is 1. The lowest BCUT2D eigenvalue weighted by atomic mass is 9.85. The molecule has 1 N–H and O–H groups in total. The summed E-state index contributed by atoms with van der Waals surface area (Å²) in [4.78, 5) is 15.2. The molecule has 5 rings (SSSR count). The number of aromatic nitrogens is 2. The molecule has 3 atom stereocenters. The fourth-order valence-corrected chi connectivity index (χ4v) is 7.68. The number of hydrogen-bond donors (Lipinski definition) is 1. The van der Waals surface area contributed by atoms with Crippen molar-refractivity contribution in [2.45, 2.75) is 122 Å². The molecule has 256 valence electrons. The van der Waals surface area contributed by atoms with Crippen molar-refractivity contribution < 1.29 is 13.9 Å². The predicted molar refractivity (Wildman–Crippen MR) is 188 cm³/mol. The second kappa shape index (κ2) is 18.2. The van der Waals surface area contributed by atoms with Crippen molar-refractivity contribution in [3.05, 3.63) is 53.1 Å². The number of halogens is 4. The number of nitrogens with one attached hydrogen (secondary N) is 1. The van der Waals surface area contributed by atoms with Gasteiger partial charge in [-0.1, -0.05) is 44.2 Å². The van der Waals surface area contributed by atoms with E-state index in [9.17, 15) is 9.18 Å². The summed E-state index contributed by atoms with van der Waals surface area (Å²) in [6, 6.07) is 9.44. The van der Waals surface area contributed by atoms with E-state index in [-0.39, 0.29) is 73.1 Å². The number of carbonyl (C=O) groups excluding carboxylic acids is 1. The smallest absolute Gasteiger partial charge is 0.320 e. The number of aryl methyl sites for hydroxylation is 1. The first-order chi connectivity index (χ1) is 20.2. The van der Waals surface area contributed by atoms with Crippen molar-refractivity contribution in [2.75, 3.05) is 26.2 Å². The zero-order chi connectivity index (χ0) is 29.7. The molecule has 0 radical (unpaired) electrons. The molecule has 0 amide bonds. The molecule has 1 saturated heterocycles. The zero-order valence-corrected chi connectivity index (χ0v) is 30.1. The molecule has 45 heavy (non-hydrogen) atoms. The molecule has 2 saturated carbocycles. The van der Waals surface area contributed by atoms with Crippen molar-refractivity contribution in [1.29, 1.82) is 0 Å². The van der Waals surface area contributed by atoms with Gasteiger partial charge in [-0.15, -0.1) is 37.2 Å². The molecule has 10 heteroatoms. The van der Waals surface area contributed by atoms with Crippen LogP contribution in [0.1, 0.15) is 114 Å². The summed E-state index contributed by atoms with van der Waals surface area (Å²) < 4.78 is 22.4. The van der Waals surface area contributed by atoms with E-state index in [1.165, 1.54) is 49.6 Å². The average molecular weight is 690 g/mol. The topological polar surface area (TPSA) is 59.4 Å². The summed E-state index contributed by atoms with van der Waals surface area (Å²) in [5.41, 5.74) is 3.61. The Morgan fingerprint density at radius 2 is 1.73 bits per heavy atom. The van der Waals surface area contributed by atoms with Gasteiger partial charge in [0.1, 0.15) is 11.9 Å². The quantitative estimate of drug-likeness (QED) is 0.256. The van der Waals surface area contributed by atoms with Gasteiger partial charge in [0.15, 0.2) is 0 Å². The maximum absolute atomic E-state index is 14.2. The maximum Gasteiger partial charge on any atom is 0.320 e. The van der Waals surface area contributed by atoms with Crippen LogP contribution in [0, 0.1) is 17.7 Å². The maximum atomic E-state index is 14.2. The standard InChI is InChI=1S/C35H53FN4O2.3ClH/c1-5-40-33(21-30(38-40)18-25-10-7-6-8-11-25)26-14-16-39(17-15-26)24-28-20-31(42-34(41)23-37-35(2,3)4)22-32(28)27-12-9-13-29(36)19-27;;;/h9,12-13,19,21,25-26,28,31-32,37H,5-8,10-11,14-18,20,22-24H2,1-4H3;3*1H/t28-,31+,32-;;;/m1.../s1. The highest BCUT2D eigenvalue weighted by Crippen LogP contribution is 2.42. The van der Waals surface area contributed by atoms with Crippen molar-refractivity contribution in [3.8, 4) is 0 Å². The van der Waals surface area contributed by atoms with Crippen LogP contribution < -0.4 is 5.32 Å². The Morgan fingerprint density at radius 3 is 2.38 bits per heavy atom. The van der Waals surface area contributed by atoms with Gasteiger partial charge in [0, 0.05) is 30.2 Å². The van der Waals surface area contributed by atoms with Crippen LogP contribution in [0.25, 0.3) is 0 Å². The summed E-state index contributed by atoms with van der Waals surface area (Å²) in [5, 5.41) is 8.27. The molecule has 2 aliphatic carbocycles. The molecule has 0 spiro atoms. The lowest BCUT2D eigenvalue weighted by Crippen LogP contribution is -2.40. The van der Waals surface area contributed by atoms with E-state index in [1.54, 1.807) is 12.1 Å². The second-order valence-electron chi connectivity index (χ2n) is 14.3. The van der Waals surface area contributed by atoms with Gasteiger partial charge in [0.05, 0.1) is 12.2 Å². The minimum Gasteiger partial charge on any atom is -0.461 e. The largest absolute Gasteiger partial charge is 0.461 e. The molecular weight excluding hydrogens is 634 g/mol. The van der Waals surface area contributed by atoms with Crippen molar-refractivity contribution in [2.24, 2.45) is 11.8 Å². The number of nitrogens with zero attached hydrogens (tertiary/aromatic N) is 3. The molecule has 2 aromatic rings. The van der Waals surface area contributed by atoms with Crippen molar-refractivity contribution in [3.63, 3.8) is 0 Å². The average Bonchev–Trinajstić information content (AvgIpc) is 3.56. The van der Waals surface area contributed by atoms with Gasteiger partial charge in [-0.05, 0) is 114 Å². The predicted octanol–water partition coefficient (Wildman–Crippen LogP) is 8.10. The zero-order valence-electron chi connectivity index (χ0n) is 27.6. The molecule has 3 fully saturated rings. The molecule has 6 nitrogen and oxygen atoms in total. The Balaban J connectivity index is 0.00000235. The molecule has 2 heterocycles. The summed E-state index contributed by atoms with van der Waals surface area (Å²) in [7, 11) is 0. The van der Waals surface area contributed by atoms with Crippen LogP contribution in [0.3, 0.4) is 0 Å².